The molecule has 1 N–H and O–H groups in total. The Balaban J connectivity index is 1.92. The molecule has 0 fully saturated rings. The van der Waals surface area contributed by atoms with Gasteiger partial charge in [0.15, 0.2) is 0 Å². The summed E-state index contributed by atoms with van der Waals surface area (Å²) in [6.07, 6.45) is 1.75. The van der Waals surface area contributed by atoms with Gasteiger partial charge in [-0.15, -0.1) is 0 Å². The zero-order valence-corrected chi connectivity index (χ0v) is 13.8. The Morgan fingerprint density at radius 1 is 1.17 bits per heavy atom. The second-order valence-electron chi connectivity index (χ2n) is 4.98. The minimum Gasteiger partial charge on any atom is -0.355 e. The van der Waals surface area contributed by atoms with Crippen molar-refractivity contribution in [2.75, 3.05) is 5.32 Å². The molecule has 116 valence electrons. The maximum atomic E-state index is 10.9. The highest BCUT2D eigenvalue weighted by Crippen LogP contribution is 2.30. The van der Waals surface area contributed by atoms with Crippen LogP contribution in [0.5, 0.6) is 0 Å². The second-order valence-corrected chi connectivity index (χ2v) is 5.83. The number of nitrogens with one attached hydrogen (secondary N) is 1. The Hall–Kier alpha value is -2.67. The summed E-state index contributed by atoms with van der Waals surface area (Å²) >= 11 is 3.49. The summed E-state index contributed by atoms with van der Waals surface area (Å²) in [5.74, 6) is 0. The first-order valence-corrected chi connectivity index (χ1v) is 7.63. The summed E-state index contributed by atoms with van der Waals surface area (Å²) in [5, 5.41) is 18.3. The number of halogens is 1. The third-order valence-electron chi connectivity index (χ3n) is 3.38. The molecular formula is C16H13BrN4O2. The van der Waals surface area contributed by atoms with Gasteiger partial charge in [0.1, 0.15) is 0 Å². The second kappa shape index (κ2) is 6.21. The number of non-ortho nitro benzene ring substituents is 1. The van der Waals surface area contributed by atoms with Crippen molar-refractivity contribution < 1.29 is 4.92 Å². The van der Waals surface area contributed by atoms with E-state index >= 15 is 0 Å². The predicted octanol–water partition coefficient (Wildman–Crippen LogP) is 4.50. The van der Waals surface area contributed by atoms with Crippen molar-refractivity contribution in [3.05, 3.63) is 69.3 Å². The van der Waals surface area contributed by atoms with Crippen LogP contribution in [0.15, 0.2) is 59.2 Å². The standard InChI is InChI=1S/C16H13BrN4O2/c1-20-16(15(17)10-18-20)11-4-2-5-12(8-11)19-13-6-3-7-14(9-13)21(22)23/h2-10,19H,1H3. The van der Waals surface area contributed by atoms with Crippen LogP contribution in [0.1, 0.15) is 0 Å². The van der Waals surface area contributed by atoms with Crippen LogP contribution in [0.25, 0.3) is 11.3 Å². The monoisotopic (exact) mass is 372 g/mol. The molecule has 0 radical (unpaired) electrons. The molecule has 0 bridgehead atoms. The molecular weight excluding hydrogens is 360 g/mol. The third-order valence-corrected chi connectivity index (χ3v) is 3.96. The van der Waals surface area contributed by atoms with E-state index in [4.69, 9.17) is 0 Å². The van der Waals surface area contributed by atoms with E-state index in [1.807, 2.05) is 31.3 Å². The Morgan fingerprint density at radius 2 is 1.87 bits per heavy atom. The van der Waals surface area contributed by atoms with E-state index in [1.54, 1.807) is 23.0 Å². The van der Waals surface area contributed by atoms with Gasteiger partial charge in [-0.2, -0.15) is 5.10 Å². The third kappa shape index (κ3) is 3.24. The Labute approximate surface area is 141 Å². The van der Waals surface area contributed by atoms with E-state index in [1.165, 1.54) is 12.1 Å². The predicted molar refractivity (Wildman–Crippen MR) is 92.7 cm³/mol. The molecule has 0 saturated carbocycles. The molecule has 0 aliphatic heterocycles. The van der Waals surface area contributed by atoms with E-state index < -0.39 is 4.92 Å². The van der Waals surface area contributed by atoms with Crippen LogP contribution < -0.4 is 5.32 Å². The maximum absolute atomic E-state index is 10.9. The molecule has 6 nitrogen and oxygen atoms in total. The molecule has 3 aromatic rings. The summed E-state index contributed by atoms with van der Waals surface area (Å²) in [5.41, 5.74) is 3.53. The molecule has 1 heterocycles. The van der Waals surface area contributed by atoms with Crippen LogP contribution in [0.3, 0.4) is 0 Å². The van der Waals surface area contributed by atoms with Gasteiger partial charge in [0.25, 0.3) is 5.69 Å². The highest BCUT2D eigenvalue weighted by Gasteiger charge is 2.10. The minimum absolute atomic E-state index is 0.0560. The number of rotatable bonds is 4. The number of aromatic nitrogens is 2. The van der Waals surface area contributed by atoms with Gasteiger partial charge in [0.05, 0.1) is 21.3 Å². The first kappa shape index (κ1) is 15.2. The molecule has 2 aromatic carbocycles. The van der Waals surface area contributed by atoms with Gasteiger partial charge in [0, 0.05) is 36.1 Å². The van der Waals surface area contributed by atoms with Gasteiger partial charge in [-0.1, -0.05) is 18.2 Å². The molecule has 0 atom stereocenters. The largest absolute Gasteiger partial charge is 0.355 e. The fraction of sp³-hybridized carbons (Fsp3) is 0.0625. The lowest BCUT2D eigenvalue weighted by molar-refractivity contribution is -0.384. The molecule has 0 aliphatic rings. The van der Waals surface area contributed by atoms with Crippen molar-refractivity contribution in [1.82, 2.24) is 9.78 Å². The van der Waals surface area contributed by atoms with Crippen LogP contribution in [-0.4, -0.2) is 14.7 Å². The van der Waals surface area contributed by atoms with E-state index in [0.717, 1.165) is 21.4 Å². The van der Waals surface area contributed by atoms with Crippen LogP contribution in [0.2, 0.25) is 0 Å². The zero-order chi connectivity index (χ0) is 16.4. The van der Waals surface area contributed by atoms with Crippen molar-refractivity contribution >= 4 is 33.0 Å². The molecule has 23 heavy (non-hydrogen) atoms. The lowest BCUT2D eigenvalue weighted by Gasteiger charge is -2.09. The lowest BCUT2D eigenvalue weighted by Crippen LogP contribution is -1.96. The van der Waals surface area contributed by atoms with Crippen molar-refractivity contribution in [1.29, 1.82) is 0 Å². The van der Waals surface area contributed by atoms with Crippen LogP contribution in [0, 0.1) is 10.1 Å². The summed E-state index contributed by atoms with van der Waals surface area (Å²) in [4.78, 5) is 10.4. The van der Waals surface area contributed by atoms with Crippen molar-refractivity contribution in [2.24, 2.45) is 7.05 Å². The maximum Gasteiger partial charge on any atom is 0.271 e. The molecule has 0 amide bonds. The zero-order valence-electron chi connectivity index (χ0n) is 12.2. The van der Waals surface area contributed by atoms with Gasteiger partial charge in [-0.3, -0.25) is 14.8 Å². The van der Waals surface area contributed by atoms with Gasteiger partial charge in [-0.25, -0.2) is 0 Å². The number of nitrogens with zero attached hydrogens (tertiary/aromatic N) is 3. The van der Waals surface area contributed by atoms with Crippen LogP contribution >= 0.6 is 15.9 Å². The molecule has 3 rings (SSSR count). The SMILES string of the molecule is Cn1ncc(Br)c1-c1cccc(Nc2cccc([N+](=O)[O-])c2)c1. The van der Waals surface area contributed by atoms with Gasteiger partial charge >= 0.3 is 0 Å². The summed E-state index contributed by atoms with van der Waals surface area (Å²) < 4.78 is 2.70. The molecule has 0 unspecified atom stereocenters. The number of hydrogen-bond acceptors (Lipinski definition) is 4. The van der Waals surface area contributed by atoms with Gasteiger partial charge in [-0.05, 0) is 34.1 Å². The highest BCUT2D eigenvalue weighted by atomic mass is 79.9. The number of benzene rings is 2. The van der Waals surface area contributed by atoms with Gasteiger partial charge in [0.2, 0.25) is 0 Å². The fourth-order valence-electron chi connectivity index (χ4n) is 2.34. The number of hydrogen-bond donors (Lipinski definition) is 1. The Kier molecular flexibility index (Phi) is 4.12. The van der Waals surface area contributed by atoms with Gasteiger partial charge < -0.3 is 5.32 Å². The Morgan fingerprint density at radius 3 is 2.52 bits per heavy atom. The highest BCUT2D eigenvalue weighted by molar-refractivity contribution is 9.10. The van der Waals surface area contributed by atoms with Crippen molar-refractivity contribution in [3.63, 3.8) is 0 Å². The summed E-state index contributed by atoms with van der Waals surface area (Å²) in [6.45, 7) is 0. The molecule has 7 heteroatoms. The molecule has 0 spiro atoms. The Bertz CT molecular complexity index is 857. The van der Waals surface area contributed by atoms with E-state index in [0.29, 0.717) is 5.69 Å². The fourth-order valence-corrected chi connectivity index (χ4v) is 2.92. The smallest absolute Gasteiger partial charge is 0.271 e. The topological polar surface area (TPSA) is 73.0 Å². The quantitative estimate of drug-likeness (QED) is 0.540. The first-order chi connectivity index (χ1) is 11.0. The van der Waals surface area contributed by atoms with E-state index in [9.17, 15) is 10.1 Å². The number of nitro groups is 1. The minimum atomic E-state index is -0.408. The molecule has 1 aromatic heterocycles. The lowest BCUT2D eigenvalue weighted by atomic mass is 10.1. The van der Waals surface area contributed by atoms with Crippen molar-refractivity contribution in [2.45, 2.75) is 0 Å². The van der Waals surface area contributed by atoms with E-state index in [2.05, 4.69) is 26.3 Å². The number of nitro benzene ring substituents is 1. The van der Waals surface area contributed by atoms with Crippen LogP contribution in [-0.2, 0) is 7.05 Å². The summed E-state index contributed by atoms with van der Waals surface area (Å²) in [6, 6.07) is 14.2. The van der Waals surface area contributed by atoms with E-state index in [-0.39, 0.29) is 5.69 Å². The van der Waals surface area contributed by atoms with Crippen LogP contribution in [0.4, 0.5) is 17.1 Å². The average Bonchev–Trinajstić information content (AvgIpc) is 2.87. The number of anilines is 2. The van der Waals surface area contributed by atoms with Crippen molar-refractivity contribution in [3.8, 4) is 11.3 Å². The first-order valence-electron chi connectivity index (χ1n) is 6.84. The molecule has 0 saturated heterocycles. The molecule has 0 aliphatic carbocycles. The summed E-state index contributed by atoms with van der Waals surface area (Å²) in [7, 11) is 1.88. The normalized spacial score (nSPS) is 10.5. The number of aryl methyl sites for hydroxylation is 1. The average molecular weight is 373 g/mol.